The van der Waals surface area contributed by atoms with Crippen LogP contribution >= 0.6 is 0 Å². The molecule has 17 atom stereocenters. The van der Waals surface area contributed by atoms with Crippen molar-refractivity contribution in [1.82, 2.24) is 0 Å². The summed E-state index contributed by atoms with van der Waals surface area (Å²) in [5.41, 5.74) is -0.325. The van der Waals surface area contributed by atoms with Gasteiger partial charge in [0.05, 0.1) is 66.1 Å². The third-order valence-corrected chi connectivity index (χ3v) is 13.6. The lowest BCUT2D eigenvalue weighted by Crippen LogP contribution is -2.65. The molecule has 0 aromatic heterocycles. The second-order valence-corrected chi connectivity index (χ2v) is 24.4. The Morgan fingerprint density at radius 1 is 0.311 bits per heavy atom. The first-order valence-electron chi connectivity index (χ1n) is 32.2. The zero-order valence-corrected chi connectivity index (χ0v) is 59.4. The van der Waals surface area contributed by atoms with Gasteiger partial charge in [0, 0.05) is 44.6 Å². The second kappa shape index (κ2) is 47.4. The number of ether oxygens (including phenoxy) is 19. The molecule has 2 heterocycles. The highest BCUT2D eigenvalue weighted by Crippen LogP contribution is 2.42. The molecule has 0 aliphatic carbocycles. The van der Waals surface area contributed by atoms with Gasteiger partial charge in [0.25, 0.3) is 0 Å². The monoisotopic (exact) mass is 1480 g/mol. The predicted molar refractivity (Wildman–Crippen MR) is 353 cm³/mol. The van der Waals surface area contributed by atoms with Crippen LogP contribution in [-0.4, -0.2) is 318 Å². The zero-order valence-electron chi connectivity index (χ0n) is 59.4. The Kier molecular flexibility index (Phi) is 42.3. The molecule has 2 fully saturated rings. The normalized spacial score (nSPS) is 22.4. The number of aliphatic hydroxyl groups is 8. The van der Waals surface area contributed by atoms with Crippen molar-refractivity contribution < 1.29 is 169 Å². The van der Waals surface area contributed by atoms with E-state index in [4.69, 9.17) is 90.0 Å². The van der Waals surface area contributed by atoms with Gasteiger partial charge in [-0.2, -0.15) is 0 Å². The molecule has 8 unspecified atom stereocenters. The third kappa shape index (κ3) is 35.0. The van der Waals surface area contributed by atoms with E-state index in [1.165, 1.54) is 55.4 Å². The summed E-state index contributed by atoms with van der Waals surface area (Å²) in [7, 11) is 0. The van der Waals surface area contributed by atoms with Gasteiger partial charge in [0.1, 0.15) is 151 Å². The van der Waals surface area contributed by atoms with Crippen molar-refractivity contribution in [2.75, 3.05) is 126 Å². The minimum absolute atomic E-state index is 0.00261. The van der Waals surface area contributed by atoms with Gasteiger partial charge in [-0.15, -0.1) is 0 Å². The summed E-state index contributed by atoms with van der Waals surface area (Å²) in [6.45, 7) is 24.6. The molecule has 0 aromatic rings. The number of hydrogen-bond acceptors (Lipinski definition) is 35. The maximum atomic E-state index is 12.6. The summed E-state index contributed by atoms with van der Waals surface area (Å²) >= 11 is 0. The highest BCUT2D eigenvalue weighted by Gasteiger charge is 2.62. The lowest BCUT2D eigenvalue weighted by molar-refractivity contribution is -0.398. The highest BCUT2D eigenvalue weighted by atomic mass is 16.8. The third-order valence-electron chi connectivity index (χ3n) is 13.6. The van der Waals surface area contributed by atoms with Crippen LogP contribution in [0.3, 0.4) is 0 Å². The van der Waals surface area contributed by atoms with E-state index >= 15 is 0 Å². The summed E-state index contributed by atoms with van der Waals surface area (Å²) in [6, 6.07) is 0. The maximum Gasteiger partial charge on any atom is 0.333 e. The molecule has 0 spiro atoms. The van der Waals surface area contributed by atoms with Crippen LogP contribution in [0.1, 0.15) is 55.4 Å². The molecule has 103 heavy (non-hydrogen) atoms. The van der Waals surface area contributed by atoms with Gasteiger partial charge < -0.3 is 131 Å². The number of hydrogen-bond donors (Lipinski definition) is 8. The Balaban J connectivity index is 3.30. The standard InChI is InChI=1S/C68H102O35/c1-36(2)59(77)93-25-44(69)17-85-33-52-54(88-20-47(72)28-96-62(80)39(7)8)56(90-22-49(74)30-98-64(82)41(11)12)57(91-23-50(75)31-99-65(83)42(13)14)67(101-52)103-68(35-87-19-46(71)27-95-61(79)38(5)6)58(92-24-51(76)32-100-66(84)43(15)16)55(89-21-48(73)29-97-63(81)40(9)10)53(102-68)34-86-18-45(70)26-94-60(78)37(3)4/h44-58,67,69-76H,1,3,5,7,9,11,13,15,17-35H2,2,4,6,8,10,12,14,16H3/t44?,45?,46?,47?,48?,49?,50?,51?,52-,53-,54-,55-,56+,57-,58+,67-,68+/m1/s1. The van der Waals surface area contributed by atoms with Crippen LogP contribution in [0.15, 0.2) is 97.2 Å². The van der Waals surface area contributed by atoms with E-state index in [-0.39, 0.29) is 44.6 Å². The Morgan fingerprint density at radius 2 is 0.553 bits per heavy atom. The Labute approximate surface area is 596 Å². The van der Waals surface area contributed by atoms with E-state index in [2.05, 4.69) is 52.6 Å². The summed E-state index contributed by atoms with van der Waals surface area (Å²) in [5.74, 6) is -10.0. The lowest BCUT2D eigenvalue weighted by atomic mass is 9.97. The number of aliphatic hydroxyl groups excluding tert-OH is 8. The first kappa shape index (κ1) is 92.0. The van der Waals surface area contributed by atoms with Crippen LogP contribution in [0, 0.1) is 0 Å². The number of carbonyl (C=O) groups is 8. The minimum Gasteiger partial charge on any atom is -0.460 e. The molecule has 2 saturated heterocycles. The van der Waals surface area contributed by atoms with Gasteiger partial charge in [-0.3, -0.25) is 0 Å². The molecule has 35 heteroatoms. The van der Waals surface area contributed by atoms with Gasteiger partial charge in [-0.05, 0) is 55.4 Å². The molecule has 0 radical (unpaired) electrons. The highest BCUT2D eigenvalue weighted by molar-refractivity contribution is 5.89. The van der Waals surface area contributed by atoms with Crippen molar-refractivity contribution in [3.05, 3.63) is 97.2 Å². The van der Waals surface area contributed by atoms with E-state index in [9.17, 15) is 79.2 Å². The van der Waals surface area contributed by atoms with Gasteiger partial charge >= 0.3 is 47.8 Å². The molecule has 2 aliphatic rings. The van der Waals surface area contributed by atoms with Crippen molar-refractivity contribution in [2.24, 2.45) is 0 Å². The Morgan fingerprint density at radius 3 is 0.854 bits per heavy atom. The number of carbonyl (C=O) groups excluding carboxylic acids is 8. The smallest absolute Gasteiger partial charge is 0.333 e. The van der Waals surface area contributed by atoms with Crippen LogP contribution in [0.2, 0.25) is 0 Å². The summed E-state index contributed by atoms with van der Waals surface area (Å²) in [4.78, 5) is 100.0. The second-order valence-electron chi connectivity index (χ2n) is 24.4. The average Bonchev–Trinajstić information content (AvgIpc) is 1.62. The van der Waals surface area contributed by atoms with E-state index in [1.54, 1.807) is 0 Å². The minimum atomic E-state index is -2.78. The fourth-order valence-corrected chi connectivity index (χ4v) is 8.32. The van der Waals surface area contributed by atoms with Crippen molar-refractivity contribution in [3.8, 4) is 0 Å². The largest absolute Gasteiger partial charge is 0.460 e. The SMILES string of the molecule is C=C(C)C(=O)OCC(O)COC[C@H]1O[C@@](COCC(O)COC(=O)C(=C)C)(O[C@H]2O[C@H](COCC(O)COC(=O)C(=C)C)[C@@H](OCC(O)COC(=O)C(=C)C)[C@H](OCC(O)COC(=O)C(=C)C)[C@H]2OCC(O)COC(=O)C(=C)C)[C@@H](OCC(O)COC(=O)C(=C)C)[C@@H]1OCC(O)COC(=O)C(=C)C. The van der Waals surface area contributed by atoms with Crippen molar-refractivity contribution in [3.63, 3.8) is 0 Å². The van der Waals surface area contributed by atoms with Crippen molar-refractivity contribution >= 4 is 47.8 Å². The molecule has 35 nitrogen and oxygen atoms in total. The summed E-state index contributed by atoms with van der Waals surface area (Å²) in [6.07, 6.45) is -28.2. The van der Waals surface area contributed by atoms with Gasteiger partial charge in [0.15, 0.2) is 6.29 Å². The molecular formula is C68H102O35. The first-order chi connectivity index (χ1) is 48.3. The van der Waals surface area contributed by atoms with E-state index in [0.29, 0.717) is 0 Å². The zero-order chi connectivity index (χ0) is 77.8. The van der Waals surface area contributed by atoms with Gasteiger partial charge in [-0.25, -0.2) is 38.4 Å². The van der Waals surface area contributed by atoms with Crippen LogP contribution in [0.4, 0.5) is 0 Å². The van der Waals surface area contributed by atoms with E-state index in [1.807, 2.05) is 0 Å². The fourth-order valence-electron chi connectivity index (χ4n) is 8.32. The summed E-state index contributed by atoms with van der Waals surface area (Å²) in [5, 5.41) is 90.3. The molecule has 584 valence electrons. The molecule has 0 bridgehead atoms. The van der Waals surface area contributed by atoms with Crippen LogP contribution < -0.4 is 0 Å². The molecule has 2 rings (SSSR count). The maximum absolute atomic E-state index is 12.6. The molecular weight excluding hydrogens is 1380 g/mol. The van der Waals surface area contributed by atoms with Crippen LogP contribution in [-0.2, 0) is 128 Å². The van der Waals surface area contributed by atoms with E-state index in [0.717, 1.165) is 0 Å². The Hall–Kier alpha value is -7.08. The fraction of sp³-hybridized carbons (Fsp3) is 0.647. The molecule has 0 saturated carbocycles. The van der Waals surface area contributed by atoms with Crippen LogP contribution in [0.5, 0.6) is 0 Å². The lowest BCUT2D eigenvalue weighted by Gasteiger charge is -2.48. The van der Waals surface area contributed by atoms with Crippen molar-refractivity contribution in [1.29, 1.82) is 0 Å². The topological polar surface area (TPSA) is 474 Å². The predicted octanol–water partition coefficient (Wildman–Crippen LogP) is -1.36. The number of rotatable bonds is 53. The number of esters is 8. The molecule has 0 aromatic carbocycles. The van der Waals surface area contributed by atoms with Crippen LogP contribution in [0.25, 0.3) is 0 Å². The summed E-state index contributed by atoms with van der Waals surface area (Å²) < 4.78 is 112. The molecule has 2 aliphatic heterocycles. The van der Waals surface area contributed by atoms with E-state index < -0.39 is 277 Å². The van der Waals surface area contributed by atoms with Gasteiger partial charge in [0.2, 0.25) is 5.79 Å². The Bertz CT molecular complexity index is 2870. The van der Waals surface area contributed by atoms with Gasteiger partial charge in [-0.1, -0.05) is 52.6 Å². The van der Waals surface area contributed by atoms with Crippen molar-refractivity contribution in [2.45, 2.75) is 159 Å². The molecule has 8 N–H and O–H groups in total. The average molecular weight is 1480 g/mol. The quantitative estimate of drug-likeness (QED) is 0.0198. The molecule has 0 amide bonds. The first-order valence-corrected chi connectivity index (χ1v) is 32.2.